The maximum atomic E-state index is 11.2. The molecule has 10 heteroatoms. The molecule has 1 amide bonds. The van der Waals surface area contributed by atoms with Gasteiger partial charge in [-0.25, -0.2) is 14.6 Å². The van der Waals surface area contributed by atoms with E-state index in [1.165, 1.54) is 12.8 Å². The Morgan fingerprint density at radius 3 is 2.78 bits per heavy atom. The number of amides is 1. The number of aryl methyl sites for hydroxylation is 1. The minimum atomic E-state index is -0.106. The van der Waals surface area contributed by atoms with Crippen molar-refractivity contribution >= 4 is 46.1 Å². The summed E-state index contributed by atoms with van der Waals surface area (Å²) in [4.78, 5) is 25.7. The van der Waals surface area contributed by atoms with E-state index >= 15 is 0 Å². The normalized spacial score (nSPS) is 19.9. The van der Waals surface area contributed by atoms with Crippen molar-refractivity contribution < 1.29 is 4.79 Å². The van der Waals surface area contributed by atoms with Crippen LogP contribution >= 0.6 is 23.2 Å². The zero-order valence-corrected chi connectivity index (χ0v) is 22.6. The minimum absolute atomic E-state index is 0.0402. The lowest BCUT2D eigenvalue weighted by atomic mass is 9.80. The number of nitrogens with zero attached hydrogens (tertiary/aromatic N) is 6. The second kappa shape index (κ2) is 10.5. The van der Waals surface area contributed by atoms with Crippen molar-refractivity contribution in [3.63, 3.8) is 0 Å². The first kappa shape index (κ1) is 25.2. The van der Waals surface area contributed by atoms with Crippen LogP contribution < -0.4 is 10.2 Å². The third kappa shape index (κ3) is 5.17. The number of rotatable bonds is 7. The van der Waals surface area contributed by atoms with Gasteiger partial charge >= 0.3 is 0 Å². The molecule has 36 heavy (non-hydrogen) atoms. The highest BCUT2D eigenvalue weighted by Crippen LogP contribution is 2.35. The van der Waals surface area contributed by atoms with E-state index in [9.17, 15) is 4.79 Å². The fourth-order valence-electron chi connectivity index (χ4n) is 5.50. The Kier molecular flexibility index (Phi) is 7.37. The average molecular weight is 531 g/mol. The molecular formula is C26H33Cl2N7O. The Hall–Kier alpha value is -2.42. The molecule has 2 atom stereocenters. The molecule has 0 radical (unpaired) electrons. The third-order valence-corrected chi connectivity index (χ3v) is 8.15. The summed E-state index contributed by atoms with van der Waals surface area (Å²) in [5.41, 5.74) is 3.38. The summed E-state index contributed by atoms with van der Waals surface area (Å²) in [5, 5.41) is 8.90. The lowest BCUT2D eigenvalue weighted by Crippen LogP contribution is -2.54. The Labute approximate surface area is 222 Å². The van der Waals surface area contributed by atoms with E-state index in [0.29, 0.717) is 21.9 Å². The summed E-state index contributed by atoms with van der Waals surface area (Å²) in [6, 6.07) is 5.45. The largest absolute Gasteiger partial charge is 0.355 e. The van der Waals surface area contributed by atoms with Crippen LogP contribution in [0.25, 0.3) is 11.2 Å². The van der Waals surface area contributed by atoms with E-state index in [4.69, 9.17) is 38.3 Å². The number of anilines is 1. The maximum Gasteiger partial charge on any atom is 0.216 e. The molecule has 5 rings (SSSR count). The summed E-state index contributed by atoms with van der Waals surface area (Å²) in [6.45, 7) is 11.5. The van der Waals surface area contributed by atoms with Crippen LogP contribution in [0.2, 0.25) is 10.0 Å². The predicted molar refractivity (Wildman–Crippen MR) is 144 cm³/mol. The van der Waals surface area contributed by atoms with E-state index in [1.807, 2.05) is 29.9 Å². The van der Waals surface area contributed by atoms with Crippen molar-refractivity contribution in [3.05, 3.63) is 45.7 Å². The topological polar surface area (TPSA) is 79.2 Å². The van der Waals surface area contributed by atoms with Gasteiger partial charge in [-0.05, 0) is 62.8 Å². The molecule has 2 saturated heterocycles. The zero-order valence-electron chi connectivity index (χ0n) is 21.0. The van der Waals surface area contributed by atoms with E-state index in [1.54, 1.807) is 13.0 Å². The van der Waals surface area contributed by atoms with Crippen molar-refractivity contribution in [1.29, 1.82) is 0 Å². The first-order chi connectivity index (χ1) is 17.3. The second-order valence-corrected chi connectivity index (χ2v) is 11.0. The van der Waals surface area contributed by atoms with Gasteiger partial charge in [0.15, 0.2) is 5.65 Å². The van der Waals surface area contributed by atoms with E-state index in [2.05, 4.69) is 22.0 Å². The average Bonchev–Trinajstić information content (AvgIpc) is 3.14. The summed E-state index contributed by atoms with van der Waals surface area (Å²) < 4.78 is 1.92. The number of aromatic nitrogens is 4. The van der Waals surface area contributed by atoms with Crippen molar-refractivity contribution in [2.75, 3.05) is 44.2 Å². The van der Waals surface area contributed by atoms with E-state index < -0.39 is 0 Å². The molecular weight excluding hydrogens is 497 g/mol. The highest BCUT2D eigenvalue weighted by molar-refractivity contribution is 6.35. The molecule has 0 spiro atoms. The highest BCUT2D eigenvalue weighted by Gasteiger charge is 2.36. The molecule has 0 bridgehead atoms. The Morgan fingerprint density at radius 2 is 2.03 bits per heavy atom. The molecule has 3 aromatic rings. The summed E-state index contributed by atoms with van der Waals surface area (Å²) in [6.07, 6.45) is 4.36. The molecule has 8 nitrogen and oxygen atoms in total. The van der Waals surface area contributed by atoms with Gasteiger partial charge in [0.05, 0.1) is 17.9 Å². The molecule has 4 heterocycles. The number of benzene rings is 1. The third-order valence-electron chi connectivity index (χ3n) is 7.58. The molecule has 2 aromatic heterocycles. The summed E-state index contributed by atoms with van der Waals surface area (Å²) in [7, 11) is 0. The molecule has 192 valence electrons. The monoisotopic (exact) mass is 529 g/mol. The van der Waals surface area contributed by atoms with E-state index in [0.717, 1.165) is 67.5 Å². The van der Waals surface area contributed by atoms with Crippen molar-refractivity contribution in [2.24, 2.45) is 11.8 Å². The van der Waals surface area contributed by atoms with Gasteiger partial charge in [-0.2, -0.15) is 5.10 Å². The number of carbonyl (C=O) groups is 1. The van der Waals surface area contributed by atoms with E-state index in [-0.39, 0.29) is 11.9 Å². The molecule has 1 aromatic carbocycles. The summed E-state index contributed by atoms with van der Waals surface area (Å²) >= 11 is 12.6. The Balaban J connectivity index is 1.27. The number of halogens is 2. The van der Waals surface area contributed by atoms with Crippen molar-refractivity contribution in [1.82, 2.24) is 30.0 Å². The molecule has 2 fully saturated rings. The highest BCUT2D eigenvalue weighted by atomic mass is 35.5. The van der Waals surface area contributed by atoms with Crippen LogP contribution in [0.3, 0.4) is 0 Å². The smallest absolute Gasteiger partial charge is 0.216 e. The van der Waals surface area contributed by atoms with Crippen LogP contribution in [0.1, 0.15) is 44.0 Å². The number of carbonyl (C=O) groups excluding carboxylic acids is 1. The number of hydrogen-bond acceptors (Lipinski definition) is 6. The fraction of sp³-hybridized carbons (Fsp3) is 0.538. The fourth-order valence-corrected chi connectivity index (χ4v) is 6.07. The van der Waals surface area contributed by atoms with Gasteiger partial charge in [-0.3, -0.25) is 4.79 Å². The molecule has 1 unspecified atom stereocenters. The maximum absolute atomic E-state index is 11.2. The zero-order chi connectivity index (χ0) is 25.4. The molecule has 0 aliphatic carbocycles. The molecule has 0 saturated carbocycles. The van der Waals surface area contributed by atoms with Crippen LogP contribution in [-0.4, -0.2) is 69.8 Å². The van der Waals surface area contributed by atoms with Gasteiger partial charge in [-0.1, -0.05) is 29.3 Å². The van der Waals surface area contributed by atoms with Crippen LogP contribution in [0.4, 0.5) is 5.82 Å². The van der Waals surface area contributed by atoms with Crippen LogP contribution in [0.15, 0.2) is 24.4 Å². The SMILES string of the molecule is CC(=O)NCCN1CCC[C@@H](C2CN(c3cnc4c(C)nn(C(C)c5ccc(Cl)cc5Cl)c4n3)C2)C1. The van der Waals surface area contributed by atoms with Gasteiger partial charge < -0.3 is 15.1 Å². The van der Waals surface area contributed by atoms with Crippen molar-refractivity contribution in [3.8, 4) is 0 Å². The number of likely N-dealkylation sites (tertiary alicyclic amines) is 1. The van der Waals surface area contributed by atoms with Gasteiger partial charge in [-0.15, -0.1) is 0 Å². The number of piperidine rings is 1. The number of fused-ring (bicyclic) bond motifs is 1. The molecule has 1 N–H and O–H groups in total. The number of hydrogen-bond donors (Lipinski definition) is 1. The van der Waals surface area contributed by atoms with Gasteiger partial charge in [0.2, 0.25) is 5.91 Å². The lowest BCUT2D eigenvalue weighted by molar-refractivity contribution is -0.119. The first-order valence-corrected chi connectivity index (χ1v) is 13.4. The number of nitrogens with one attached hydrogen (secondary N) is 1. The van der Waals surface area contributed by atoms with Crippen LogP contribution in [-0.2, 0) is 4.79 Å². The van der Waals surface area contributed by atoms with Gasteiger partial charge in [0, 0.05) is 49.7 Å². The van der Waals surface area contributed by atoms with Crippen LogP contribution in [0.5, 0.6) is 0 Å². The van der Waals surface area contributed by atoms with Gasteiger partial charge in [0.25, 0.3) is 0 Å². The Morgan fingerprint density at radius 1 is 1.22 bits per heavy atom. The minimum Gasteiger partial charge on any atom is -0.355 e. The Bertz CT molecular complexity index is 1260. The lowest BCUT2D eigenvalue weighted by Gasteiger charge is -2.47. The molecule has 2 aliphatic heterocycles. The van der Waals surface area contributed by atoms with Crippen molar-refractivity contribution in [2.45, 2.75) is 39.7 Å². The van der Waals surface area contributed by atoms with Crippen LogP contribution in [0, 0.1) is 18.8 Å². The summed E-state index contributed by atoms with van der Waals surface area (Å²) in [5.74, 6) is 2.28. The second-order valence-electron chi connectivity index (χ2n) is 10.1. The van der Waals surface area contributed by atoms with Gasteiger partial charge in [0.1, 0.15) is 11.3 Å². The quantitative estimate of drug-likeness (QED) is 0.490. The molecule has 2 aliphatic rings. The standard InChI is InChI=1S/C26H33Cl2N7O/c1-16-25-26(35(32-16)17(2)22-7-6-21(27)11-23(22)28)31-24(12-30-25)34-14-20(15-34)19-5-4-9-33(13-19)10-8-29-18(3)36/h6-7,11-12,17,19-20H,4-5,8-10,13-15H2,1-3H3,(H,29,36)/t17?,19-/m1/s1. The predicted octanol–water partition coefficient (Wildman–Crippen LogP) is 4.34. The first-order valence-electron chi connectivity index (χ1n) is 12.7.